The second-order valence-corrected chi connectivity index (χ2v) is 4.04. The van der Waals surface area contributed by atoms with Gasteiger partial charge in [-0.2, -0.15) is 5.10 Å². The molecule has 0 bridgehead atoms. The quantitative estimate of drug-likeness (QED) is 0.875. The van der Waals surface area contributed by atoms with Gasteiger partial charge in [-0.25, -0.2) is 4.98 Å². The van der Waals surface area contributed by atoms with Gasteiger partial charge in [0.2, 0.25) is 5.88 Å². The minimum Gasteiger partial charge on any atom is -0.481 e. The van der Waals surface area contributed by atoms with Crippen LogP contribution in [0.5, 0.6) is 5.88 Å². The Balaban J connectivity index is 2.26. The van der Waals surface area contributed by atoms with Gasteiger partial charge in [-0.15, -0.1) is 0 Å². The van der Waals surface area contributed by atoms with E-state index < -0.39 is 6.10 Å². The third-order valence-corrected chi connectivity index (χ3v) is 2.71. The van der Waals surface area contributed by atoms with Gasteiger partial charge in [0.1, 0.15) is 6.10 Å². The number of aromatic nitrogens is 3. The lowest BCUT2D eigenvalue weighted by Gasteiger charge is -2.11. The Morgan fingerprint density at radius 3 is 3.06 bits per heavy atom. The van der Waals surface area contributed by atoms with E-state index in [1.165, 1.54) is 0 Å². The minimum absolute atomic E-state index is 0.438. The van der Waals surface area contributed by atoms with Crippen LogP contribution in [-0.2, 0) is 6.54 Å². The number of ether oxygens (including phenoxy) is 1. The lowest BCUT2D eigenvalue weighted by Crippen LogP contribution is -2.03. The molecule has 0 aromatic carbocycles. The molecule has 0 aliphatic heterocycles. The Kier molecular flexibility index (Phi) is 3.94. The highest BCUT2D eigenvalue weighted by atomic mass is 16.5. The van der Waals surface area contributed by atoms with Crippen molar-refractivity contribution in [2.45, 2.75) is 26.0 Å². The summed E-state index contributed by atoms with van der Waals surface area (Å²) in [5, 5.41) is 14.5. The van der Waals surface area contributed by atoms with Gasteiger partial charge in [-0.05, 0) is 18.6 Å². The molecule has 2 aromatic rings. The molecule has 0 amide bonds. The Morgan fingerprint density at radius 2 is 2.33 bits per heavy atom. The number of aryl methyl sites for hydroxylation is 1. The molecule has 1 N–H and O–H groups in total. The smallest absolute Gasteiger partial charge is 0.219 e. The predicted octanol–water partition coefficient (Wildman–Crippen LogP) is 1.78. The van der Waals surface area contributed by atoms with Crippen LogP contribution in [0.25, 0.3) is 0 Å². The lowest BCUT2D eigenvalue weighted by molar-refractivity contribution is 0.213. The largest absolute Gasteiger partial charge is 0.481 e. The number of pyridine rings is 1. The highest BCUT2D eigenvalue weighted by Gasteiger charge is 2.17. The molecule has 0 saturated heterocycles. The molecule has 0 radical (unpaired) electrons. The Hall–Kier alpha value is -1.88. The highest BCUT2D eigenvalue weighted by Crippen LogP contribution is 2.27. The first-order valence-corrected chi connectivity index (χ1v) is 5.95. The van der Waals surface area contributed by atoms with E-state index in [-0.39, 0.29) is 0 Å². The molecule has 96 valence electrons. The summed E-state index contributed by atoms with van der Waals surface area (Å²) in [5.74, 6) is 0.438. The third kappa shape index (κ3) is 2.51. The van der Waals surface area contributed by atoms with Gasteiger partial charge in [0.15, 0.2) is 0 Å². The first kappa shape index (κ1) is 12.6. The van der Waals surface area contributed by atoms with E-state index in [0.29, 0.717) is 11.4 Å². The molecule has 5 heteroatoms. The zero-order chi connectivity index (χ0) is 13.0. The fourth-order valence-electron chi connectivity index (χ4n) is 1.83. The summed E-state index contributed by atoms with van der Waals surface area (Å²) in [6, 6.07) is 3.57. The topological polar surface area (TPSA) is 60.2 Å². The van der Waals surface area contributed by atoms with Crippen LogP contribution >= 0.6 is 0 Å². The highest BCUT2D eigenvalue weighted by molar-refractivity contribution is 5.33. The maximum atomic E-state index is 10.3. The zero-order valence-corrected chi connectivity index (χ0v) is 10.6. The Morgan fingerprint density at radius 1 is 1.50 bits per heavy atom. The fraction of sp³-hybridized carbons (Fsp3) is 0.385. The van der Waals surface area contributed by atoms with Crippen LogP contribution in [-0.4, -0.2) is 27.0 Å². The summed E-state index contributed by atoms with van der Waals surface area (Å²) in [6.07, 6.45) is 5.40. The zero-order valence-electron chi connectivity index (χ0n) is 10.6. The minimum atomic E-state index is -0.765. The van der Waals surface area contributed by atoms with Gasteiger partial charge in [0, 0.05) is 30.1 Å². The average Bonchev–Trinajstić information content (AvgIpc) is 2.87. The van der Waals surface area contributed by atoms with Gasteiger partial charge in [-0.1, -0.05) is 6.92 Å². The molecule has 0 aliphatic rings. The molecule has 1 atom stereocenters. The Bertz CT molecular complexity index is 510. The van der Waals surface area contributed by atoms with Crippen molar-refractivity contribution in [3.8, 4) is 5.88 Å². The summed E-state index contributed by atoms with van der Waals surface area (Å²) in [7, 11) is 1.54. The molecule has 1 unspecified atom stereocenters. The van der Waals surface area contributed by atoms with Crippen molar-refractivity contribution in [3.63, 3.8) is 0 Å². The van der Waals surface area contributed by atoms with E-state index in [1.54, 1.807) is 31.6 Å². The molecular weight excluding hydrogens is 230 g/mol. The van der Waals surface area contributed by atoms with Gasteiger partial charge in [-0.3, -0.25) is 4.68 Å². The number of methoxy groups -OCH3 is 1. The van der Waals surface area contributed by atoms with Crippen LogP contribution in [0.1, 0.15) is 30.6 Å². The summed E-state index contributed by atoms with van der Waals surface area (Å²) >= 11 is 0. The summed E-state index contributed by atoms with van der Waals surface area (Å²) in [6.45, 7) is 2.93. The monoisotopic (exact) mass is 247 g/mol. The van der Waals surface area contributed by atoms with Crippen LogP contribution < -0.4 is 4.74 Å². The molecule has 18 heavy (non-hydrogen) atoms. The fourth-order valence-corrected chi connectivity index (χ4v) is 1.83. The average molecular weight is 247 g/mol. The summed E-state index contributed by atoms with van der Waals surface area (Å²) < 4.78 is 6.96. The summed E-state index contributed by atoms with van der Waals surface area (Å²) in [4.78, 5) is 4.08. The van der Waals surface area contributed by atoms with Gasteiger partial charge < -0.3 is 9.84 Å². The van der Waals surface area contributed by atoms with Gasteiger partial charge in [0.25, 0.3) is 0 Å². The van der Waals surface area contributed by atoms with E-state index in [2.05, 4.69) is 17.0 Å². The van der Waals surface area contributed by atoms with Gasteiger partial charge in [0.05, 0.1) is 13.3 Å². The van der Waals surface area contributed by atoms with Crippen LogP contribution in [0, 0.1) is 0 Å². The van der Waals surface area contributed by atoms with Crippen molar-refractivity contribution >= 4 is 0 Å². The van der Waals surface area contributed by atoms with Crippen LogP contribution in [0.4, 0.5) is 0 Å². The van der Waals surface area contributed by atoms with Crippen molar-refractivity contribution in [2.75, 3.05) is 7.11 Å². The van der Waals surface area contributed by atoms with E-state index in [9.17, 15) is 5.11 Å². The SMILES string of the molecule is CCCn1cc(C(O)c2cccnc2OC)cn1. The molecule has 2 heterocycles. The van der Waals surface area contributed by atoms with Crippen LogP contribution in [0.3, 0.4) is 0 Å². The third-order valence-electron chi connectivity index (χ3n) is 2.71. The van der Waals surface area contributed by atoms with Crippen LogP contribution in [0.2, 0.25) is 0 Å². The number of aliphatic hydroxyl groups excluding tert-OH is 1. The molecular formula is C13H17N3O2. The second kappa shape index (κ2) is 5.64. The molecule has 0 spiro atoms. The number of nitrogens with zero attached hydrogens (tertiary/aromatic N) is 3. The number of rotatable bonds is 5. The van der Waals surface area contributed by atoms with Crippen molar-refractivity contribution in [1.29, 1.82) is 0 Å². The standard InChI is InChI=1S/C13H17N3O2/c1-3-7-16-9-10(8-15-16)12(17)11-5-4-6-14-13(11)18-2/h4-6,8-9,12,17H,3,7H2,1-2H3. The van der Waals surface area contributed by atoms with Crippen molar-refractivity contribution in [1.82, 2.24) is 14.8 Å². The maximum absolute atomic E-state index is 10.3. The number of hydrogen-bond acceptors (Lipinski definition) is 4. The second-order valence-electron chi connectivity index (χ2n) is 4.04. The van der Waals surface area contributed by atoms with E-state index in [0.717, 1.165) is 18.5 Å². The normalized spacial score (nSPS) is 12.4. The van der Waals surface area contributed by atoms with Gasteiger partial charge >= 0.3 is 0 Å². The Labute approximate surface area is 106 Å². The van der Waals surface area contributed by atoms with E-state index in [1.807, 2.05) is 10.9 Å². The first-order valence-electron chi connectivity index (χ1n) is 5.95. The molecule has 0 aliphatic carbocycles. The molecule has 2 rings (SSSR count). The van der Waals surface area contributed by atoms with Crippen molar-refractivity contribution < 1.29 is 9.84 Å². The number of hydrogen-bond donors (Lipinski definition) is 1. The van der Waals surface area contributed by atoms with Crippen molar-refractivity contribution in [3.05, 3.63) is 41.9 Å². The molecule has 0 fully saturated rings. The maximum Gasteiger partial charge on any atom is 0.219 e. The number of aliphatic hydroxyl groups is 1. The molecule has 5 nitrogen and oxygen atoms in total. The first-order chi connectivity index (χ1) is 8.76. The van der Waals surface area contributed by atoms with E-state index >= 15 is 0 Å². The molecule has 2 aromatic heterocycles. The molecule has 0 saturated carbocycles. The lowest BCUT2D eigenvalue weighted by atomic mass is 10.1. The van der Waals surface area contributed by atoms with Crippen molar-refractivity contribution in [2.24, 2.45) is 0 Å². The van der Waals surface area contributed by atoms with Crippen LogP contribution in [0.15, 0.2) is 30.7 Å². The summed E-state index contributed by atoms with van der Waals surface area (Å²) in [5.41, 5.74) is 1.39. The predicted molar refractivity (Wildman–Crippen MR) is 67.4 cm³/mol. The van der Waals surface area contributed by atoms with E-state index in [4.69, 9.17) is 4.74 Å².